The van der Waals surface area contributed by atoms with Crippen molar-refractivity contribution in [2.75, 3.05) is 0 Å². The summed E-state index contributed by atoms with van der Waals surface area (Å²) >= 11 is 1.40. The minimum atomic E-state index is -0.930. The van der Waals surface area contributed by atoms with Gasteiger partial charge < -0.3 is 4.90 Å². The molecule has 3 heterocycles. The van der Waals surface area contributed by atoms with E-state index in [1.165, 1.54) is 16.7 Å². The SMILES string of the molecule is CCC(=O)N1C(=O)c2ccccc2C12S[C@H](C)C(=O)N1C=CC(C)=CC12. The summed E-state index contributed by atoms with van der Waals surface area (Å²) in [5, 5.41) is -0.367. The van der Waals surface area contributed by atoms with Gasteiger partial charge in [-0.3, -0.25) is 19.3 Å². The Balaban J connectivity index is 2.01. The van der Waals surface area contributed by atoms with Crippen molar-refractivity contribution < 1.29 is 14.4 Å². The number of thioether (sulfide) groups is 1. The smallest absolute Gasteiger partial charge is 0.262 e. The van der Waals surface area contributed by atoms with E-state index in [-0.39, 0.29) is 29.4 Å². The Bertz CT molecular complexity index is 891. The fourth-order valence-electron chi connectivity index (χ4n) is 4.03. The van der Waals surface area contributed by atoms with Crippen molar-refractivity contribution in [1.82, 2.24) is 9.80 Å². The van der Waals surface area contributed by atoms with E-state index in [4.69, 9.17) is 0 Å². The molecule has 0 bridgehead atoms. The van der Waals surface area contributed by atoms with Crippen LogP contribution in [0.2, 0.25) is 0 Å². The third-order valence-electron chi connectivity index (χ3n) is 5.21. The molecule has 4 rings (SSSR count). The molecule has 26 heavy (non-hydrogen) atoms. The van der Waals surface area contributed by atoms with Gasteiger partial charge in [-0.05, 0) is 26.0 Å². The first-order chi connectivity index (χ1) is 12.4. The summed E-state index contributed by atoms with van der Waals surface area (Å²) < 4.78 is 0. The summed E-state index contributed by atoms with van der Waals surface area (Å²) in [6.45, 7) is 5.56. The van der Waals surface area contributed by atoms with Crippen LogP contribution in [-0.2, 0) is 14.5 Å². The van der Waals surface area contributed by atoms with E-state index < -0.39 is 10.9 Å². The molecule has 1 aromatic carbocycles. The number of hydrogen-bond acceptors (Lipinski definition) is 4. The number of imide groups is 1. The van der Waals surface area contributed by atoms with Crippen LogP contribution in [0.25, 0.3) is 0 Å². The molecule has 0 N–H and O–H groups in total. The molecule has 3 aliphatic rings. The number of allylic oxidation sites excluding steroid dienone is 2. The zero-order valence-corrected chi connectivity index (χ0v) is 15.7. The van der Waals surface area contributed by atoms with Crippen LogP contribution in [0.5, 0.6) is 0 Å². The maximum absolute atomic E-state index is 13.2. The second-order valence-corrected chi connectivity index (χ2v) is 8.37. The summed E-state index contributed by atoms with van der Waals surface area (Å²) in [5.74, 6) is -0.505. The minimum Gasteiger partial charge on any atom is -0.308 e. The summed E-state index contributed by atoms with van der Waals surface area (Å²) in [4.78, 5) is 41.0. The average molecular weight is 368 g/mol. The predicted octanol–water partition coefficient (Wildman–Crippen LogP) is 3.04. The van der Waals surface area contributed by atoms with Gasteiger partial charge in [0.05, 0.1) is 11.3 Å². The molecule has 3 aliphatic heterocycles. The molecule has 1 fully saturated rings. The maximum atomic E-state index is 13.2. The van der Waals surface area contributed by atoms with Gasteiger partial charge in [-0.2, -0.15) is 0 Å². The fraction of sp³-hybridized carbons (Fsp3) is 0.350. The van der Waals surface area contributed by atoms with Crippen molar-refractivity contribution in [3.8, 4) is 0 Å². The molecular formula is C20H20N2O3S. The van der Waals surface area contributed by atoms with E-state index in [0.29, 0.717) is 5.56 Å². The third-order valence-corrected chi connectivity index (χ3v) is 6.77. The Morgan fingerprint density at radius 2 is 2.00 bits per heavy atom. The molecule has 6 heteroatoms. The third kappa shape index (κ3) is 2.08. The fourth-order valence-corrected chi connectivity index (χ4v) is 5.70. The number of benzene rings is 1. The molecule has 1 aromatic rings. The minimum absolute atomic E-state index is 0.00801. The zero-order chi connectivity index (χ0) is 18.6. The van der Waals surface area contributed by atoms with E-state index in [1.807, 2.05) is 44.2 Å². The molecule has 134 valence electrons. The highest BCUT2D eigenvalue weighted by Gasteiger charge is 2.62. The lowest BCUT2D eigenvalue weighted by molar-refractivity contribution is -0.137. The van der Waals surface area contributed by atoms with Crippen molar-refractivity contribution in [2.24, 2.45) is 0 Å². The van der Waals surface area contributed by atoms with Crippen LogP contribution < -0.4 is 0 Å². The predicted molar refractivity (Wildman–Crippen MR) is 100 cm³/mol. The zero-order valence-electron chi connectivity index (χ0n) is 14.9. The lowest BCUT2D eigenvalue weighted by Gasteiger charge is -2.51. The average Bonchev–Trinajstić information content (AvgIpc) is 2.89. The molecule has 3 amide bonds. The van der Waals surface area contributed by atoms with Gasteiger partial charge in [0.25, 0.3) is 5.91 Å². The van der Waals surface area contributed by atoms with E-state index in [2.05, 4.69) is 0 Å². The van der Waals surface area contributed by atoms with Crippen molar-refractivity contribution in [1.29, 1.82) is 0 Å². The van der Waals surface area contributed by atoms with Crippen LogP contribution in [0.4, 0.5) is 0 Å². The molecule has 5 nitrogen and oxygen atoms in total. The number of amides is 3. The number of nitrogens with zero attached hydrogens (tertiary/aromatic N) is 2. The molecule has 1 spiro atoms. The second-order valence-electron chi connectivity index (χ2n) is 6.81. The highest BCUT2D eigenvalue weighted by molar-refractivity contribution is 8.01. The van der Waals surface area contributed by atoms with Crippen LogP contribution in [0.3, 0.4) is 0 Å². The molecule has 0 saturated carbocycles. The summed E-state index contributed by atoms with van der Waals surface area (Å²) in [5.41, 5.74) is 2.36. The van der Waals surface area contributed by atoms with Crippen molar-refractivity contribution >= 4 is 29.5 Å². The number of carbonyl (C=O) groups excluding carboxylic acids is 3. The number of hydrogen-bond donors (Lipinski definition) is 0. The van der Waals surface area contributed by atoms with Crippen LogP contribution in [0.15, 0.2) is 48.2 Å². The van der Waals surface area contributed by atoms with Crippen LogP contribution in [-0.4, -0.2) is 38.8 Å². The summed E-state index contributed by atoms with van der Waals surface area (Å²) in [7, 11) is 0. The molecule has 3 atom stereocenters. The van der Waals surface area contributed by atoms with E-state index in [9.17, 15) is 14.4 Å². The first kappa shape index (κ1) is 17.1. The van der Waals surface area contributed by atoms with Gasteiger partial charge in [0.2, 0.25) is 11.8 Å². The highest BCUT2D eigenvalue weighted by atomic mass is 32.2. The van der Waals surface area contributed by atoms with Crippen LogP contribution in [0.1, 0.15) is 43.1 Å². The largest absolute Gasteiger partial charge is 0.308 e. The monoisotopic (exact) mass is 368 g/mol. The molecular weight excluding hydrogens is 348 g/mol. The highest BCUT2D eigenvalue weighted by Crippen LogP contribution is 2.56. The van der Waals surface area contributed by atoms with Crippen molar-refractivity contribution in [3.05, 3.63) is 59.3 Å². The van der Waals surface area contributed by atoms with E-state index >= 15 is 0 Å². The second kappa shape index (κ2) is 5.84. The number of carbonyl (C=O) groups is 3. The normalized spacial score (nSPS) is 29.7. The quantitative estimate of drug-likeness (QED) is 0.765. The maximum Gasteiger partial charge on any atom is 0.262 e. The molecule has 0 aromatic heterocycles. The van der Waals surface area contributed by atoms with Gasteiger partial charge >= 0.3 is 0 Å². The molecule has 0 aliphatic carbocycles. The first-order valence-corrected chi connectivity index (χ1v) is 9.63. The number of fused-ring (bicyclic) bond motifs is 4. The van der Waals surface area contributed by atoms with Gasteiger partial charge in [-0.15, -0.1) is 11.8 Å². The van der Waals surface area contributed by atoms with E-state index in [0.717, 1.165) is 11.1 Å². The Morgan fingerprint density at radius 3 is 2.73 bits per heavy atom. The number of rotatable bonds is 1. The summed E-state index contributed by atoms with van der Waals surface area (Å²) in [6.07, 6.45) is 5.89. The molecule has 0 radical (unpaired) electrons. The first-order valence-electron chi connectivity index (χ1n) is 8.75. The molecule has 1 saturated heterocycles. The van der Waals surface area contributed by atoms with Gasteiger partial charge in [0, 0.05) is 23.7 Å². The van der Waals surface area contributed by atoms with Gasteiger partial charge in [-0.25, -0.2) is 0 Å². The Morgan fingerprint density at radius 1 is 1.27 bits per heavy atom. The Kier molecular flexibility index (Phi) is 3.84. The van der Waals surface area contributed by atoms with Crippen LogP contribution >= 0.6 is 11.8 Å². The van der Waals surface area contributed by atoms with Crippen molar-refractivity contribution in [3.63, 3.8) is 0 Å². The van der Waals surface area contributed by atoms with Crippen LogP contribution in [0, 0.1) is 0 Å². The lowest BCUT2D eigenvalue weighted by atomic mass is 9.92. The standard InChI is InChI=1S/C20H20N2O3S/c1-4-17(23)22-19(25)14-7-5-6-8-15(14)20(22)16-11-12(2)9-10-21(16)18(24)13(3)26-20/h5-11,13,16H,4H2,1-3H3/t13-,16?,20?/m1/s1. The Hall–Kier alpha value is -2.34. The topological polar surface area (TPSA) is 57.7 Å². The Labute approximate surface area is 156 Å². The van der Waals surface area contributed by atoms with E-state index in [1.54, 1.807) is 24.1 Å². The van der Waals surface area contributed by atoms with Crippen molar-refractivity contribution in [2.45, 2.75) is 43.4 Å². The van der Waals surface area contributed by atoms with Gasteiger partial charge in [0.15, 0.2) is 0 Å². The van der Waals surface area contributed by atoms with Gasteiger partial charge in [-0.1, -0.05) is 36.8 Å². The molecule has 2 unspecified atom stereocenters. The van der Waals surface area contributed by atoms with Gasteiger partial charge in [0.1, 0.15) is 4.87 Å². The summed E-state index contributed by atoms with van der Waals surface area (Å²) in [6, 6.07) is 6.96. The lowest BCUT2D eigenvalue weighted by Crippen LogP contribution is -2.63.